The van der Waals surface area contributed by atoms with Gasteiger partial charge in [-0.2, -0.15) is 0 Å². The highest BCUT2D eigenvalue weighted by atomic mass is 35.5. The Morgan fingerprint density at radius 2 is 2.03 bits per heavy atom. The number of halogens is 1. The molecule has 0 unspecified atom stereocenters. The molecule has 1 atom stereocenters. The summed E-state index contributed by atoms with van der Waals surface area (Å²) in [5.41, 5.74) is 0.734. The van der Waals surface area contributed by atoms with Crippen LogP contribution in [0.5, 0.6) is 0 Å². The van der Waals surface area contributed by atoms with Crippen LogP contribution < -0.4 is 10.9 Å². The number of nitrogens with zero attached hydrogens (tertiary/aromatic N) is 4. The third-order valence-corrected chi connectivity index (χ3v) is 5.73. The Balaban J connectivity index is 1.52. The van der Waals surface area contributed by atoms with Crippen LogP contribution in [0.4, 0.5) is 0 Å². The zero-order valence-corrected chi connectivity index (χ0v) is 17.2. The SMILES string of the molecule is Cn1ccnc1[C@H](NC(=O)CCn1cnc2sccc2c1=O)c1ccc(Cl)cc1. The first-order valence-electron chi connectivity index (χ1n) is 8.97. The lowest BCUT2D eigenvalue weighted by atomic mass is 10.1. The van der Waals surface area contributed by atoms with Gasteiger partial charge in [0.1, 0.15) is 16.7 Å². The molecule has 0 aliphatic rings. The lowest BCUT2D eigenvalue weighted by Gasteiger charge is -2.19. The topological polar surface area (TPSA) is 81.8 Å². The van der Waals surface area contributed by atoms with E-state index >= 15 is 0 Å². The molecule has 148 valence electrons. The summed E-state index contributed by atoms with van der Waals surface area (Å²) in [5, 5.41) is 6.05. The fraction of sp³-hybridized carbons (Fsp3) is 0.200. The summed E-state index contributed by atoms with van der Waals surface area (Å²) in [6.45, 7) is 0.247. The molecule has 0 fully saturated rings. The molecule has 0 aliphatic carbocycles. The Hall–Kier alpha value is -2.97. The molecule has 4 rings (SSSR count). The summed E-state index contributed by atoms with van der Waals surface area (Å²) >= 11 is 7.42. The third-order valence-electron chi connectivity index (χ3n) is 4.66. The van der Waals surface area contributed by atoms with E-state index in [1.165, 1.54) is 22.2 Å². The standard InChI is InChI=1S/C20H18ClN5O2S/c1-25-10-8-22-18(25)17(13-2-4-14(21)5-3-13)24-16(27)6-9-26-12-23-19-15(20(26)28)7-11-29-19/h2-5,7-8,10-12,17H,6,9H2,1H3,(H,24,27)/t17-/m1/s1. The molecule has 1 aromatic carbocycles. The molecule has 0 radical (unpaired) electrons. The van der Waals surface area contributed by atoms with E-state index in [9.17, 15) is 9.59 Å². The van der Waals surface area contributed by atoms with Crippen LogP contribution in [-0.2, 0) is 18.4 Å². The Kier molecular flexibility index (Phi) is 5.46. The maximum atomic E-state index is 12.7. The number of aromatic nitrogens is 4. The van der Waals surface area contributed by atoms with Gasteiger partial charge in [0.2, 0.25) is 5.91 Å². The fourth-order valence-corrected chi connectivity index (χ4v) is 3.96. The second-order valence-corrected chi connectivity index (χ2v) is 7.91. The van der Waals surface area contributed by atoms with Crippen molar-refractivity contribution in [3.05, 3.63) is 81.2 Å². The van der Waals surface area contributed by atoms with Gasteiger partial charge in [0.25, 0.3) is 5.56 Å². The van der Waals surface area contributed by atoms with Crippen LogP contribution in [0.15, 0.2) is 59.2 Å². The summed E-state index contributed by atoms with van der Waals surface area (Å²) in [7, 11) is 1.87. The molecule has 1 amide bonds. The third kappa shape index (κ3) is 4.08. The lowest BCUT2D eigenvalue weighted by molar-refractivity contribution is -0.121. The van der Waals surface area contributed by atoms with Crippen molar-refractivity contribution < 1.29 is 4.79 Å². The van der Waals surface area contributed by atoms with Gasteiger partial charge < -0.3 is 9.88 Å². The number of aryl methyl sites for hydroxylation is 2. The first-order chi connectivity index (χ1) is 14.0. The molecule has 7 nitrogen and oxygen atoms in total. The highest BCUT2D eigenvalue weighted by Crippen LogP contribution is 2.22. The number of hydrogen-bond donors (Lipinski definition) is 1. The molecule has 29 heavy (non-hydrogen) atoms. The van der Waals surface area contributed by atoms with Crippen molar-refractivity contribution in [1.82, 2.24) is 24.4 Å². The van der Waals surface area contributed by atoms with Crippen molar-refractivity contribution in [1.29, 1.82) is 0 Å². The summed E-state index contributed by atoms with van der Waals surface area (Å²) in [5.74, 6) is 0.518. The maximum Gasteiger partial charge on any atom is 0.262 e. The molecular weight excluding hydrogens is 410 g/mol. The normalized spacial score (nSPS) is 12.2. The van der Waals surface area contributed by atoms with Gasteiger partial charge in [0.05, 0.1) is 11.7 Å². The Labute approximate surface area is 175 Å². The van der Waals surface area contributed by atoms with Crippen molar-refractivity contribution in [3.63, 3.8) is 0 Å². The van der Waals surface area contributed by atoms with E-state index < -0.39 is 6.04 Å². The molecule has 0 spiro atoms. The minimum atomic E-state index is -0.422. The average molecular weight is 428 g/mol. The number of rotatable bonds is 6. The number of amides is 1. The molecule has 3 aromatic heterocycles. The number of fused-ring (bicyclic) bond motifs is 1. The van der Waals surface area contributed by atoms with Gasteiger partial charge in [-0.05, 0) is 29.1 Å². The second-order valence-electron chi connectivity index (χ2n) is 6.58. The predicted molar refractivity (Wildman–Crippen MR) is 113 cm³/mol. The van der Waals surface area contributed by atoms with Gasteiger partial charge in [-0.25, -0.2) is 9.97 Å². The fourth-order valence-electron chi connectivity index (χ4n) is 3.12. The van der Waals surface area contributed by atoms with Crippen LogP contribution in [0.3, 0.4) is 0 Å². The molecule has 9 heteroatoms. The second kappa shape index (κ2) is 8.18. The number of hydrogen-bond acceptors (Lipinski definition) is 5. The van der Waals surface area contributed by atoms with Gasteiger partial charge >= 0.3 is 0 Å². The Morgan fingerprint density at radius 3 is 2.76 bits per heavy atom. The van der Waals surface area contributed by atoms with Gasteiger partial charge in [0.15, 0.2) is 0 Å². The summed E-state index contributed by atoms with van der Waals surface area (Å²) in [6.07, 6.45) is 5.15. The van der Waals surface area contributed by atoms with E-state index in [1.807, 2.05) is 35.3 Å². The largest absolute Gasteiger partial charge is 0.342 e. The van der Waals surface area contributed by atoms with Crippen molar-refractivity contribution in [3.8, 4) is 0 Å². The van der Waals surface area contributed by atoms with E-state index in [0.717, 1.165) is 5.56 Å². The molecule has 3 heterocycles. The first-order valence-corrected chi connectivity index (χ1v) is 10.2. The molecule has 4 aromatic rings. The minimum absolute atomic E-state index is 0.137. The molecular formula is C20H18ClN5O2S. The zero-order valence-electron chi connectivity index (χ0n) is 15.6. The van der Waals surface area contributed by atoms with E-state index in [0.29, 0.717) is 21.1 Å². The van der Waals surface area contributed by atoms with Crippen LogP contribution in [0.2, 0.25) is 5.02 Å². The summed E-state index contributed by atoms with van der Waals surface area (Å²) in [6, 6.07) is 8.61. The zero-order chi connectivity index (χ0) is 20.4. The highest BCUT2D eigenvalue weighted by Gasteiger charge is 2.21. The number of thiophene rings is 1. The number of carbonyl (C=O) groups excluding carboxylic acids is 1. The Bertz CT molecular complexity index is 1210. The van der Waals surface area contributed by atoms with Gasteiger partial charge in [-0.1, -0.05) is 23.7 Å². The van der Waals surface area contributed by atoms with Crippen molar-refractivity contribution in [2.24, 2.45) is 7.05 Å². The molecule has 0 saturated heterocycles. The van der Waals surface area contributed by atoms with Gasteiger partial charge in [-0.3, -0.25) is 14.2 Å². The van der Waals surface area contributed by atoms with Crippen molar-refractivity contribution in [2.75, 3.05) is 0 Å². The number of benzene rings is 1. The van der Waals surface area contributed by atoms with Crippen LogP contribution >= 0.6 is 22.9 Å². The van der Waals surface area contributed by atoms with E-state index in [1.54, 1.807) is 24.4 Å². The summed E-state index contributed by atoms with van der Waals surface area (Å²) in [4.78, 5) is 34.5. The van der Waals surface area contributed by atoms with Crippen LogP contribution in [-0.4, -0.2) is 25.0 Å². The quantitative estimate of drug-likeness (QED) is 0.512. The van der Waals surface area contributed by atoms with E-state index in [4.69, 9.17) is 11.6 Å². The first kappa shape index (κ1) is 19.4. The predicted octanol–water partition coefficient (Wildman–Crippen LogP) is 3.14. The van der Waals surface area contributed by atoms with Gasteiger partial charge in [0, 0.05) is 37.4 Å². The summed E-state index contributed by atoms with van der Waals surface area (Å²) < 4.78 is 3.32. The van der Waals surface area contributed by atoms with Crippen molar-refractivity contribution in [2.45, 2.75) is 19.0 Å². The van der Waals surface area contributed by atoms with Crippen LogP contribution in [0.25, 0.3) is 10.2 Å². The van der Waals surface area contributed by atoms with Gasteiger partial charge in [-0.15, -0.1) is 11.3 Å². The molecule has 0 bridgehead atoms. The molecule has 1 N–H and O–H groups in total. The smallest absolute Gasteiger partial charge is 0.262 e. The van der Waals surface area contributed by atoms with E-state index in [-0.39, 0.29) is 24.4 Å². The Morgan fingerprint density at radius 1 is 1.24 bits per heavy atom. The number of nitrogens with one attached hydrogen (secondary N) is 1. The maximum absolute atomic E-state index is 12.7. The average Bonchev–Trinajstić information content (AvgIpc) is 3.36. The van der Waals surface area contributed by atoms with Crippen LogP contribution in [0, 0.1) is 0 Å². The number of carbonyl (C=O) groups is 1. The number of imidazole rings is 1. The van der Waals surface area contributed by atoms with E-state index in [2.05, 4.69) is 15.3 Å². The minimum Gasteiger partial charge on any atom is -0.342 e. The monoisotopic (exact) mass is 427 g/mol. The van der Waals surface area contributed by atoms with Crippen molar-refractivity contribution >= 4 is 39.1 Å². The molecule has 0 aliphatic heterocycles. The highest BCUT2D eigenvalue weighted by molar-refractivity contribution is 7.16. The lowest BCUT2D eigenvalue weighted by Crippen LogP contribution is -2.32. The molecule has 0 saturated carbocycles. The van der Waals surface area contributed by atoms with Crippen LogP contribution in [0.1, 0.15) is 23.9 Å².